The fourth-order valence-electron chi connectivity index (χ4n) is 3.18. The molecule has 0 aliphatic carbocycles. The van der Waals surface area contributed by atoms with Gasteiger partial charge >= 0.3 is 0 Å². The first kappa shape index (κ1) is 13.6. The van der Waals surface area contributed by atoms with E-state index in [0.717, 1.165) is 6.54 Å². The van der Waals surface area contributed by atoms with Crippen molar-refractivity contribution in [3.05, 3.63) is 48.0 Å². The van der Waals surface area contributed by atoms with Crippen LogP contribution in [0, 0.1) is 0 Å². The second-order valence-electron chi connectivity index (χ2n) is 6.07. The molecule has 1 aliphatic heterocycles. The summed E-state index contributed by atoms with van der Waals surface area (Å²) in [5, 5.41) is 6.47. The zero-order valence-electron chi connectivity index (χ0n) is 12.5. The van der Waals surface area contributed by atoms with Crippen molar-refractivity contribution in [1.29, 1.82) is 0 Å². The Morgan fingerprint density at radius 1 is 1.15 bits per heavy atom. The van der Waals surface area contributed by atoms with Crippen molar-refractivity contribution in [2.45, 2.75) is 38.4 Å². The van der Waals surface area contributed by atoms with E-state index in [0.29, 0.717) is 12.1 Å². The zero-order chi connectivity index (χ0) is 13.9. The summed E-state index contributed by atoms with van der Waals surface area (Å²) in [6, 6.07) is 16.6. The van der Waals surface area contributed by atoms with Gasteiger partial charge < -0.3 is 10.2 Å². The molecule has 0 bridgehead atoms. The Bertz CT molecular complexity index is 573. The maximum Gasteiger partial charge on any atom is 0.0214 e. The minimum Gasteiger partial charge on any atom is -0.310 e. The van der Waals surface area contributed by atoms with E-state index >= 15 is 0 Å². The zero-order valence-corrected chi connectivity index (χ0v) is 12.5. The second-order valence-corrected chi connectivity index (χ2v) is 6.07. The molecule has 106 valence electrons. The fourth-order valence-corrected chi connectivity index (χ4v) is 3.18. The molecule has 2 atom stereocenters. The fraction of sp³-hybridized carbons (Fsp3) is 0.444. The van der Waals surface area contributed by atoms with Crippen molar-refractivity contribution < 1.29 is 0 Å². The SMILES string of the molecule is CC1CC(NCc2cccc3ccccc23)CCN1C. The lowest BCUT2D eigenvalue weighted by molar-refractivity contribution is 0.168. The Hall–Kier alpha value is -1.38. The summed E-state index contributed by atoms with van der Waals surface area (Å²) in [5.74, 6) is 0. The summed E-state index contributed by atoms with van der Waals surface area (Å²) in [6.45, 7) is 4.50. The van der Waals surface area contributed by atoms with Gasteiger partial charge in [-0.2, -0.15) is 0 Å². The lowest BCUT2D eigenvalue weighted by Crippen LogP contribution is -2.45. The lowest BCUT2D eigenvalue weighted by atomic mass is 9.98. The van der Waals surface area contributed by atoms with Crippen LogP contribution in [0.3, 0.4) is 0 Å². The monoisotopic (exact) mass is 268 g/mol. The Labute approximate surface area is 121 Å². The number of nitrogens with zero attached hydrogens (tertiary/aromatic N) is 1. The van der Waals surface area contributed by atoms with Crippen molar-refractivity contribution in [2.24, 2.45) is 0 Å². The summed E-state index contributed by atoms with van der Waals surface area (Å²) >= 11 is 0. The van der Waals surface area contributed by atoms with Gasteiger partial charge in [-0.05, 0) is 49.7 Å². The molecule has 1 heterocycles. The molecule has 2 aromatic rings. The van der Waals surface area contributed by atoms with Gasteiger partial charge in [0, 0.05) is 18.6 Å². The van der Waals surface area contributed by atoms with Crippen LogP contribution in [0.5, 0.6) is 0 Å². The first-order valence-corrected chi connectivity index (χ1v) is 7.64. The topological polar surface area (TPSA) is 15.3 Å². The predicted molar refractivity (Wildman–Crippen MR) is 85.9 cm³/mol. The Kier molecular flexibility index (Phi) is 4.04. The minimum absolute atomic E-state index is 0.653. The van der Waals surface area contributed by atoms with Crippen molar-refractivity contribution in [1.82, 2.24) is 10.2 Å². The van der Waals surface area contributed by atoms with Crippen molar-refractivity contribution >= 4 is 10.8 Å². The molecule has 1 fully saturated rings. The molecule has 0 spiro atoms. The van der Waals surface area contributed by atoms with Gasteiger partial charge in [-0.25, -0.2) is 0 Å². The Morgan fingerprint density at radius 2 is 1.95 bits per heavy atom. The number of hydrogen-bond acceptors (Lipinski definition) is 2. The molecule has 1 saturated heterocycles. The van der Waals surface area contributed by atoms with Gasteiger partial charge in [0.25, 0.3) is 0 Å². The van der Waals surface area contributed by atoms with Crippen LogP contribution in [-0.2, 0) is 6.54 Å². The second kappa shape index (κ2) is 5.94. The van der Waals surface area contributed by atoms with Crippen LogP contribution in [0.25, 0.3) is 10.8 Å². The molecule has 0 aromatic heterocycles. The van der Waals surface area contributed by atoms with Crippen LogP contribution in [0.1, 0.15) is 25.3 Å². The maximum absolute atomic E-state index is 3.75. The molecule has 2 aromatic carbocycles. The standard InChI is InChI=1S/C18H24N2/c1-14-12-17(10-11-20(14)2)19-13-16-8-5-7-15-6-3-4-9-18(15)16/h3-9,14,17,19H,10-13H2,1-2H3. The number of likely N-dealkylation sites (tertiary alicyclic amines) is 1. The van der Waals surface area contributed by atoms with Gasteiger partial charge in [-0.1, -0.05) is 42.5 Å². The van der Waals surface area contributed by atoms with Gasteiger partial charge in [0.05, 0.1) is 0 Å². The highest BCUT2D eigenvalue weighted by atomic mass is 15.1. The van der Waals surface area contributed by atoms with Gasteiger partial charge in [0.2, 0.25) is 0 Å². The summed E-state index contributed by atoms with van der Waals surface area (Å²) in [7, 11) is 2.23. The highest BCUT2D eigenvalue weighted by molar-refractivity contribution is 5.85. The first-order chi connectivity index (χ1) is 9.74. The molecular formula is C18H24N2. The third-order valence-corrected chi connectivity index (χ3v) is 4.67. The van der Waals surface area contributed by atoms with Crippen LogP contribution in [-0.4, -0.2) is 30.6 Å². The molecule has 2 heteroatoms. The average Bonchev–Trinajstić information content (AvgIpc) is 2.48. The van der Waals surface area contributed by atoms with Gasteiger partial charge in [0.1, 0.15) is 0 Å². The molecular weight excluding hydrogens is 244 g/mol. The highest BCUT2D eigenvalue weighted by Gasteiger charge is 2.22. The summed E-state index contributed by atoms with van der Waals surface area (Å²) in [6.07, 6.45) is 2.51. The normalized spacial score (nSPS) is 24.1. The highest BCUT2D eigenvalue weighted by Crippen LogP contribution is 2.20. The van der Waals surface area contributed by atoms with E-state index in [9.17, 15) is 0 Å². The molecule has 3 rings (SSSR count). The van der Waals surface area contributed by atoms with Gasteiger partial charge in [0.15, 0.2) is 0 Å². The summed E-state index contributed by atoms with van der Waals surface area (Å²) in [5.41, 5.74) is 1.41. The lowest BCUT2D eigenvalue weighted by Gasteiger charge is -2.35. The van der Waals surface area contributed by atoms with Crippen molar-refractivity contribution in [2.75, 3.05) is 13.6 Å². The first-order valence-electron chi connectivity index (χ1n) is 7.64. The van der Waals surface area contributed by atoms with E-state index in [2.05, 4.69) is 66.7 Å². The number of benzene rings is 2. The molecule has 0 amide bonds. The molecule has 0 saturated carbocycles. The number of rotatable bonds is 3. The van der Waals surface area contributed by atoms with Gasteiger partial charge in [-0.15, -0.1) is 0 Å². The third-order valence-electron chi connectivity index (χ3n) is 4.67. The molecule has 2 nitrogen and oxygen atoms in total. The van der Waals surface area contributed by atoms with Crippen molar-refractivity contribution in [3.63, 3.8) is 0 Å². The maximum atomic E-state index is 3.75. The van der Waals surface area contributed by atoms with Crippen LogP contribution in [0.4, 0.5) is 0 Å². The predicted octanol–water partition coefficient (Wildman–Crippen LogP) is 3.41. The van der Waals surface area contributed by atoms with E-state index in [4.69, 9.17) is 0 Å². The van der Waals surface area contributed by atoms with E-state index in [1.165, 1.54) is 35.7 Å². The van der Waals surface area contributed by atoms with Gasteiger partial charge in [-0.3, -0.25) is 0 Å². The average molecular weight is 268 g/mol. The molecule has 0 radical (unpaired) electrons. The van der Waals surface area contributed by atoms with E-state index in [1.54, 1.807) is 0 Å². The quantitative estimate of drug-likeness (QED) is 0.917. The van der Waals surface area contributed by atoms with Crippen LogP contribution in [0.2, 0.25) is 0 Å². The van der Waals surface area contributed by atoms with E-state index in [-0.39, 0.29) is 0 Å². The summed E-state index contributed by atoms with van der Waals surface area (Å²) in [4.78, 5) is 2.45. The number of piperidine rings is 1. The summed E-state index contributed by atoms with van der Waals surface area (Å²) < 4.78 is 0. The number of fused-ring (bicyclic) bond motifs is 1. The number of hydrogen-bond donors (Lipinski definition) is 1. The van der Waals surface area contributed by atoms with Crippen LogP contribution in [0.15, 0.2) is 42.5 Å². The van der Waals surface area contributed by atoms with E-state index < -0.39 is 0 Å². The smallest absolute Gasteiger partial charge is 0.0214 e. The molecule has 1 N–H and O–H groups in total. The van der Waals surface area contributed by atoms with Crippen LogP contribution >= 0.6 is 0 Å². The Morgan fingerprint density at radius 3 is 2.80 bits per heavy atom. The number of nitrogens with one attached hydrogen (secondary N) is 1. The van der Waals surface area contributed by atoms with E-state index in [1.807, 2.05) is 0 Å². The van der Waals surface area contributed by atoms with Crippen molar-refractivity contribution in [3.8, 4) is 0 Å². The molecule has 1 aliphatic rings. The molecule has 20 heavy (non-hydrogen) atoms. The van der Waals surface area contributed by atoms with Crippen LogP contribution < -0.4 is 5.32 Å². The minimum atomic E-state index is 0.653. The largest absolute Gasteiger partial charge is 0.310 e. The third kappa shape index (κ3) is 2.87. The molecule has 2 unspecified atom stereocenters. The Balaban J connectivity index is 1.68.